The van der Waals surface area contributed by atoms with Crippen molar-refractivity contribution in [3.63, 3.8) is 0 Å². The van der Waals surface area contributed by atoms with Crippen LogP contribution in [0.5, 0.6) is 0 Å². The summed E-state index contributed by atoms with van der Waals surface area (Å²) in [6, 6.07) is 13.4. The Kier molecular flexibility index (Phi) is 5.30. The smallest absolute Gasteiger partial charge is 0.337 e. The van der Waals surface area contributed by atoms with Gasteiger partial charge in [0, 0.05) is 6.54 Å². The first-order valence-electron chi connectivity index (χ1n) is 8.40. The van der Waals surface area contributed by atoms with Crippen molar-refractivity contribution in [1.29, 1.82) is 0 Å². The van der Waals surface area contributed by atoms with E-state index in [1.165, 1.54) is 7.11 Å². The van der Waals surface area contributed by atoms with Gasteiger partial charge in [0.1, 0.15) is 6.54 Å². The third kappa shape index (κ3) is 3.87. The zero-order chi connectivity index (χ0) is 19.4. The number of nitrogens with zero attached hydrogens (tertiary/aromatic N) is 1. The monoisotopic (exact) mass is 366 g/mol. The quantitative estimate of drug-likeness (QED) is 0.617. The van der Waals surface area contributed by atoms with Crippen molar-refractivity contribution < 1.29 is 23.9 Å². The van der Waals surface area contributed by atoms with Crippen LogP contribution in [0.3, 0.4) is 0 Å². The molecule has 2 aromatic carbocycles. The fourth-order valence-corrected chi connectivity index (χ4v) is 2.85. The molecular weight excluding hydrogens is 348 g/mol. The van der Waals surface area contributed by atoms with Crippen molar-refractivity contribution in [3.8, 4) is 0 Å². The third-order valence-electron chi connectivity index (χ3n) is 4.29. The highest BCUT2D eigenvalue weighted by molar-refractivity contribution is 6.22. The molecule has 138 valence electrons. The average molecular weight is 366 g/mol. The maximum Gasteiger partial charge on any atom is 0.337 e. The van der Waals surface area contributed by atoms with Crippen molar-refractivity contribution >= 4 is 23.7 Å². The predicted molar refractivity (Wildman–Crippen MR) is 96.3 cm³/mol. The molecule has 27 heavy (non-hydrogen) atoms. The molecule has 0 atom stereocenters. The predicted octanol–water partition coefficient (Wildman–Crippen LogP) is 1.43. The van der Waals surface area contributed by atoms with Crippen molar-refractivity contribution in [1.82, 2.24) is 10.2 Å². The molecule has 0 radical (unpaired) electrons. The minimum Gasteiger partial charge on any atom is -0.465 e. The molecule has 0 aliphatic carbocycles. The summed E-state index contributed by atoms with van der Waals surface area (Å²) in [4.78, 5) is 48.9. The number of rotatable bonds is 6. The summed E-state index contributed by atoms with van der Waals surface area (Å²) >= 11 is 0. The summed E-state index contributed by atoms with van der Waals surface area (Å²) in [5, 5.41) is 2.70. The molecule has 0 spiro atoms. The summed E-state index contributed by atoms with van der Waals surface area (Å²) in [5.74, 6) is -1.72. The fourth-order valence-electron chi connectivity index (χ4n) is 2.85. The Bertz CT molecular complexity index is 870. The van der Waals surface area contributed by atoms with E-state index >= 15 is 0 Å². The highest BCUT2D eigenvalue weighted by Crippen LogP contribution is 2.21. The molecular formula is C20H18N2O5. The van der Waals surface area contributed by atoms with E-state index in [9.17, 15) is 19.2 Å². The lowest BCUT2D eigenvalue weighted by molar-refractivity contribution is -0.121. The van der Waals surface area contributed by atoms with Gasteiger partial charge in [0.25, 0.3) is 11.8 Å². The summed E-state index contributed by atoms with van der Waals surface area (Å²) in [6.07, 6.45) is 0.551. The molecule has 1 aliphatic rings. The van der Waals surface area contributed by atoms with Crippen LogP contribution in [-0.2, 0) is 16.0 Å². The van der Waals surface area contributed by atoms with Crippen LogP contribution in [0.4, 0.5) is 0 Å². The number of hydrogen-bond acceptors (Lipinski definition) is 5. The first-order valence-corrected chi connectivity index (χ1v) is 8.40. The number of hydrogen-bond donors (Lipinski definition) is 1. The number of benzene rings is 2. The molecule has 7 heteroatoms. The molecule has 7 nitrogen and oxygen atoms in total. The maximum absolute atomic E-state index is 12.2. The minimum absolute atomic E-state index is 0.312. The van der Waals surface area contributed by atoms with E-state index in [1.807, 2.05) is 0 Å². The number of fused-ring (bicyclic) bond motifs is 1. The van der Waals surface area contributed by atoms with Gasteiger partial charge in [0.2, 0.25) is 5.91 Å². The van der Waals surface area contributed by atoms with Crippen LogP contribution in [0, 0.1) is 0 Å². The van der Waals surface area contributed by atoms with Crippen LogP contribution in [0.25, 0.3) is 0 Å². The number of amides is 3. The van der Waals surface area contributed by atoms with E-state index in [0.717, 1.165) is 10.5 Å². The van der Waals surface area contributed by atoms with Gasteiger partial charge in [0.05, 0.1) is 23.8 Å². The number of ether oxygens (including phenoxy) is 1. The highest BCUT2D eigenvalue weighted by Gasteiger charge is 2.36. The summed E-state index contributed by atoms with van der Waals surface area (Å²) in [7, 11) is 1.32. The molecule has 2 aromatic rings. The van der Waals surface area contributed by atoms with Crippen molar-refractivity contribution in [2.45, 2.75) is 6.42 Å². The second-order valence-corrected chi connectivity index (χ2v) is 6.03. The molecule has 1 aliphatic heterocycles. The van der Waals surface area contributed by atoms with E-state index in [0.29, 0.717) is 29.7 Å². The Morgan fingerprint density at radius 2 is 1.56 bits per heavy atom. The molecule has 0 saturated carbocycles. The van der Waals surface area contributed by atoms with Crippen LogP contribution >= 0.6 is 0 Å². The molecule has 0 aromatic heterocycles. The standard InChI is InChI=1S/C20H18N2O5/c1-27-20(26)14-8-6-13(7-9-14)10-11-21-17(23)12-22-18(24)15-4-2-3-5-16(15)19(22)25/h2-9H,10-12H2,1H3,(H,21,23). The van der Waals surface area contributed by atoms with Crippen LogP contribution < -0.4 is 5.32 Å². The average Bonchev–Trinajstić information content (AvgIpc) is 2.93. The number of methoxy groups -OCH3 is 1. The largest absolute Gasteiger partial charge is 0.465 e. The van der Waals surface area contributed by atoms with E-state index < -0.39 is 23.7 Å². The van der Waals surface area contributed by atoms with E-state index in [-0.39, 0.29) is 6.54 Å². The van der Waals surface area contributed by atoms with Gasteiger partial charge in [0.15, 0.2) is 0 Å². The fraction of sp³-hybridized carbons (Fsp3) is 0.200. The van der Waals surface area contributed by atoms with Gasteiger partial charge < -0.3 is 10.1 Å². The number of nitrogens with one attached hydrogen (secondary N) is 1. The maximum atomic E-state index is 12.2. The Labute approximate surface area is 155 Å². The normalized spacial score (nSPS) is 12.7. The lowest BCUT2D eigenvalue weighted by Crippen LogP contribution is -2.40. The molecule has 1 N–H and O–H groups in total. The molecule has 0 bridgehead atoms. The van der Waals surface area contributed by atoms with E-state index in [2.05, 4.69) is 10.1 Å². The van der Waals surface area contributed by atoms with Gasteiger partial charge in [-0.1, -0.05) is 24.3 Å². The number of imide groups is 1. The van der Waals surface area contributed by atoms with Crippen LogP contribution in [0.1, 0.15) is 36.6 Å². The second kappa shape index (κ2) is 7.82. The van der Waals surface area contributed by atoms with Crippen molar-refractivity contribution in [2.75, 3.05) is 20.2 Å². The topological polar surface area (TPSA) is 92.8 Å². The van der Waals surface area contributed by atoms with Gasteiger partial charge in [-0.25, -0.2) is 4.79 Å². The Morgan fingerprint density at radius 3 is 2.11 bits per heavy atom. The highest BCUT2D eigenvalue weighted by atomic mass is 16.5. The molecule has 0 saturated heterocycles. The SMILES string of the molecule is COC(=O)c1ccc(CCNC(=O)CN2C(=O)c3ccccc3C2=O)cc1. The van der Waals surface area contributed by atoms with Crippen LogP contribution in [0.15, 0.2) is 48.5 Å². The van der Waals surface area contributed by atoms with Gasteiger partial charge in [-0.15, -0.1) is 0 Å². The lowest BCUT2D eigenvalue weighted by Gasteiger charge is -2.13. The second-order valence-electron chi connectivity index (χ2n) is 6.03. The molecule has 3 amide bonds. The molecule has 1 heterocycles. The summed E-state index contributed by atoms with van der Waals surface area (Å²) in [5.41, 5.74) is 2.03. The third-order valence-corrected chi connectivity index (χ3v) is 4.29. The Hall–Kier alpha value is -3.48. The first-order chi connectivity index (χ1) is 13.0. The zero-order valence-electron chi connectivity index (χ0n) is 14.7. The Balaban J connectivity index is 1.50. The van der Waals surface area contributed by atoms with Gasteiger partial charge in [-0.05, 0) is 36.2 Å². The minimum atomic E-state index is -0.454. The van der Waals surface area contributed by atoms with Gasteiger partial charge >= 0.3 is 5.97 Å². The van der Waals surface area contributed by atoms with Gasteiger partial charge in [-0.3, -0.25) is 19.3 Å². The molecule has 3 rings (SSSR count). The summed E-state index contributed by atoms with van der Waals surface area (Å²) in [6.45, 7) is 0.0349. The van der Waals surface area contributed by atoms with E-state index in [4.69, 9.17) is 0 Å². The first kappa shape index (κ1) is 18.3. The van der Waals surface area contributed by atoms with Crippen LogP contribution in [0.2, 0.25) is 0 Å². The van der Waals surface area contributed by atoms with Crippen molar-refractivity contribution in [2.24, 2.45) is 0 Å². The number of esters is 1. The number of carbonyl (C=O) groups is 4. The van der Waals surface area contributed by atoms with Gasteiger partial charge in [-0.2, -0.15) is 0 Å². The lowest BCUT2D eigenvalue weighted by atomic mass is 10.1. The molecule has 0 unspecified atom stereocenters. The van der Waals surface area contributed by atoms with Crippen LogP contribution in [-0.4, -0.2) is 48.8 Å². The zero-order valence-corrected chi connectivity index (χ0v) is 14.7. The summed E-state index contributed by atoms with van der Waals surface area (Å²) < 4.78 is 4.64. The van der Waals surface area contributed by atoms with Crippen molar-refractivity contribution in [3.05, 3.63) is 70.8 Å². The van der Waals surface area contributed by atoms with E-state index in [1.54, 1.807) is 48.5 Å². The molecule has 0 fully saturated rings. The number of carbonyl (C=O) groups excluding carboxylic acids is 4. The Morgan fingerprint density at radius 1 is 0.963 bits per heavy atom.